The lowest BCUT2D eigenvalue weighted by Gasteiger charge is -2.17. The zero-order valence-electron chi connectivity index (χ0n) is 10.7. The Hall–Kier alpha value is -2.53. The quantitative estimate of drug-likeness (QED) is 0.778. The van der Waals surface area contributed by atoms with Crippen LogP contribution < -0.4 is 5.56 Å². The molecule has 0 fully saturated rings. The lowest BCUT2D eigenvalue weighted by atomic mass is 10.1. The molecule has 0 amide bonds. The molecule has 5 heteroatoms. The fourth-order valence-corrected chi connectivity index (χ4v) is 2.24. The van der Waals surface area contributed by atoms with Crippen LogP contribution in [-0.2, 0) is 0 Å². The number of benzene rings is 1. The summed E-state index contributed by atoms with van der Waals surface area (Å²) >= 11 is 0. The van der Waals surface area contributed by atoms with E-state index in [4.69, 9.17) is 0 Å². The molecule has 2 aromatic heterocycles. The second-order valence-corrected chi connectivity index (χ2v) is 4.46. The first-order valence-electron chi connectivity index (χ1n) is 6.28. The molecule has 0 saturated carbocycles. The van der Waals surface area contributed by atoms with Gasteiger partial charge in [0.25, 0.3) is 5.56 Å². The van der Waals surface area contributed by atoms with Gasteiger partial charge in [-0.05, 0) is 11.6 Å². The molecule has 1 aromatic carbocycles. The molecule has 2 heterocycles. The standard InChI is InChI=1S/C15H13N3O2/c19-9-14(11-4-2-1-3-5-11)18-10-17-13-8-16-7-6-12(13)15(18)20/h1-8,10,14,19H,9H2/t14-/m0/s1. The monoisotopic (exact) mass is 267 g/mol. The molecule has 0 aliphatic rings. The average molecular weight is 267 g/mol. The predicted molar refractivity (Wildman–Crippen MR) is 75.5 cm³/mol. The van der Waals surface area contributed by atoms with Crippen molar-refractivity contribution in [1.29, 1.82) is 0 Å². The van der Waals surface area contributed by atoms with Crippen LogP contribution in [0.1, 0.15) is 11.6 Å². The van der Waals surface area contributed by atoms with Crippen LogP contribution in [0.15, 0.2) is 59.9 Å². The fraction of sp³-hybridized carbons (Fsp3) is 0.133. The molecular formula is C15H13N3O2. The first-order chi connectivity index (χ1) is 9.81. The number of fused-ring (bicyclic) bond motifs is 1. The van der Waals surface area contributed by atoms with Gasteiger partial charge in [0.15, 0.2) is 0 Å². The highest BCUT2D eigenvalue weighted by Crippen LogP contribution is 2.16. The first kappa shape index (κ1) is 12.5. The Labute approximate surface area is 115 Å². The molecule has 0 saturated heterocycles. The minimum Gasteiger partial charge on any atom is -0.394 e. The summed E-state index contributed by atoms with van der Waals surface area (Å²) in [6, 6.07) is 10.6. The highest BCUT2D eigenvalue weighted by Gasteiger charge is 2.15. The van der Waals surface area contributed by atoms with Gasteiger partial charge < -0.3 is 5.11 Å². The van der Waals surface area contributed by atoms with E-state index in [0.29, 0.717) is 10.9 Å². The molecule has 0 bridgehead atoms. The maximum atomic E-state index is 12.5. The molecule has 3 aromatic rings. The Morgan fingerprint density at radius 1 is 1.20 bits per heavy atom. The maximum Gasteiger partial charge on any atom is 0.261 e. The normalized spacial score (nSPS) is 12.4. The van der Waals surface area contributed by atoms with Gasteiger partial charge in [-0.3, -0.25) is 14.3 Å². The van der Waals surface area contributed by atoms with Crippen LogP contribution in [0.2, 0.25) is 0 Å². The summed E-state index contributed by atoms with van der Waals surface area (Å²) in [6.07, 6.45) is 4.57. The van der Waals surface area contributed by atoms with E-state index in [9.17, 15) is 9.90 Å². The van der Waals surface area contributed by atoms with Crippen LogP contribution in [0.25, 0.3) is 10.9 Å². The van der Waals surface area contributed by atoms with Gasteiger partial charge in [0, 0.05) is 6.20 Å². The number of rotatable bonds is 3. The second kappa shape index (κ2) is 5.22. The SMILES string of the molecule is O=c1c2ccncc2ncn1[C@@H](CO)c1ccccc1. The largest absolute Gasteiger partial charge is 0.394 e. The minimum atomic E-state index is -0.436. The van der Waals surface area contributed by atoms with Gasteiger partial charge in [0.2, 0.25) is 0 Å². The van der Waals surface area contributed by atoms with E-state index in [2.05, 4.69) is 9.97 Å². The number of nitrogens with zero attached hydrogens (tertiary/aromatic N) is 3. The summed E-state index contributed by atoms with van der Waals surface area (Å²) in [4.78, 5) is 20.7. The van der Waals surface area contributed by atoms with E-state index in [1.54, 1.807) is 18.5 Å². The van der Waals surface area contributed by atoms with Crippen molar-refractivity contribution in [3.05, 3.63) is 71.0 Å². The van der Waals surface area contributed by atoms with Gasteiger partial charge in [-0.1, -0.05) is 30.3 Å². The van der Waals surface area contributed by atoms with Crippen LogP contribution in [0.3, 0.4) is 0 Å². The zero-order valence-corrected chi connectivity index (χ0v) is 10.7. The summed E-state index contributed by atoms with van der Waals surface area (Å²) in [7, 11) is 0. The van der Waals surface area contributed by atoms with Gasteiger partial charge in [0.05, 0.1) is 36.1 Å². The third-order valence-electron chi connectivity index (χ3n) is 3.28. The lowest BCUT2D eigenvalue weighted by molar-refractivity contribution is 0.246. The Kier molecular flexibility index (Phi) is 3.26. The highest BCUT2D eigenvalue weighted by molar-refractivity contribution is 5.75. The van der Waals surface area contributed by atoms with E-state index >= 15 is 0 Å². The van der Waals surface area contributed by atoms with E-state index in [1.165, 1.54) is 10.9 Å². The highest BCUT2D eigenvalue weighted by atomic mass is 16.3. The third kappa shape index (κ3) is 2.08. The Bertz CT molecular complexity index is 784. The van der Waals surface area contributed by atoms with Gasteiger partial charge in [-0.15, -0.1) is 0 Å². The average Bonchev–Trinajstić information content (AvgIpc) is 2.51. The van der Waals surface area contributed by atoms with Gasteiger partial charge in [-0.2, -0.15) is 0 Å². The van der Waals surface area contributed by atoms with Crippen molar-refractivity contribution in [2.24, 2.45) is 0 Å². The van der Waals surface area contributed by atoms with Crippen molar-refractivity contribution < 1.29 is 5.11 Å². The van der Waals surface area contributed by atoms with Crippen LogP contribution in [-0.4, -0.2) is 26.2 Å². The number of aliphatic hydroxyl groups excluding tert-OH is 1. The van der Waals surface area contributed by atoms with Crippen LogP contribution in [0.5, 0.6) is 0 Å². The Balaban J connectivity index is 2.18. The van der Waals surface area contributed by atoms with Gasteiger partial charge >= 0.3 is 0 Å². The minimum absolute atomic E-state index is 0.164. The fourth-order valence-electron chi connectivity index (χ4n) is 2.24. The van der Waals surface area contributed by atoms with Crippen molar-refractivity contribution in [1.82, 2.24) is 14.5 Å². The van der Waals surface area contributed by atoms with Crippen molar-refractivity contribution >= 4 is 10.9 Å². The van der Waals surface area contributed by atoms with E-state index in [-0.39, 0.29) is 12.2 Å². The zero-order chi connectivity index (χ0) is 13.9. The summed E-state index contributed by atoms with van der Waals surface area (Å²) < 4.78 is 1.46. The van der Waals surface area contributed by atoms with Gasteiger partial charge in [0.1, 0.15) is 0 Å². The number of hydrogen-bond acceptors (Lipinski definition) is 4. The number of aliphatic hydroxyl groups is 1. The molecule has 1 atom stereocenters. The maximum absolute atomic E-state index is 12.5. The van der Waals surface area contributed by atoms with Crippen LogP contribution in [0.4, 0.5) is 0 Å². The molecule has 3 rings (SSSR count). The van der Waals surface area contributed by atoms with E-state index in [1.807, 2.05) is 30.3 Å². The van der Waals surface area contributed by atoms with Crippen molar-refractivity contribution in [3.63, 3.8) is 0 Å². The first-order valence-corrected chi connectivity index (χ1v) is 6.28. The van der Waals surface area contributed by atoms with Crippen molar-refractivity contribution in [2.45, 2.75) is 6.04 Å². The number of pyridine rings is 1. The Morgan fingerprint density at radius 2 is 2.00 bits per heavy atom. The summed E-state index contributed by atoms with van der Waals surface area (Å²) in [6.45, 7) is -0.164. The molecule has 5 nitrogen and oxygen atoms in total. The molecular weight excluding hydrogens is 254 g/mol. The topological polar surface area (TPSA) is 68.0 Å². The molecule has 0 spiro atoms. The third-order valence-corrected chi connectivity index (χ3v) is 3.28. The molecule has 0 unspecified atom stereocenters. The van der Waals surface area contributed by atoms with Gasteiger partial charge in [-0.25, -0.2) is 4.98 Å². The molecule has 0 radical (unpaired) electrons. The predicted octanol–water partition coefficient (Wildman–Crippen LogP) is 1.37. The number of aromatic nitrogens is 3. The molecule has 1 N–H and O–H groups in total. The molecule has 0 aliphatic carbocycles. The smallest absolute Gasteiger partial charge is 0.261 e. The van der Waals surface area contributed by atoms with Crippen molar-refractivity contribution in [2.75, 3.05) is 6.61 Å². The summed E-state index contributed by atoms with van der Waals surface area (Å²) in [5.74, 6) is 0. The Morgan fingerprint density at radius 3 is 2.75 bits per heavy atom. The van der Waals surface area contributed by atoms with Crippen LogP contribution >= 0.6 is 0 Å². The van der Waals surface area contributed by atoms with E-state index in [0.717, 1.165) is 5.56 Å². The number of hydrogen-bond donors (Lipinski definition) is 1. The molecule has 100 valence electrons. The summed E-state index contributed by atoms with van der Waals surface area (Å²) in [5.41, 5.74) is 1.24. The second-order valence-electron chi connectivity index (χ2n) is 4.46. The molecule has 0 aliphatic heterocycles. The lowest BCUT2D eigenvalue weighted by Crippen LogP contribution is -2.28. The molecule has 20 heavy (non-hydrogen) atoms. The summed E-state index contributed by atoms with van der Waals surface area (Å²) in [5, 5.41) is 10.1. The van der Waals surface area contributed by atoms with Crippen molar-refractivity contribution in [3.8, 4) is 0 Å². The van der Waals surface area contributed by atoms with Crippen LogP contribution in [0, 0.1) is 0 Å². The van der Waals surface area contributed by atoms with E-state index < -0.39 is 6.04 Å².